The van der Waals surface area contributed by atoms with E-state index in [0.717, 1.165) is 41.3 Å². The minimum absolute atomic E-state index is 0.282. The van der Waals surface area contributed by atoms with Crippen LogP contribution in [0.3, 0.4) is 0 Å². The molecule has 2 heterocycles. The van der Waals surface area contributed by atoms with Crippen LogP contribution in [0.1, 0.15) is 29.7 Å². The molecule has 0 spiro atoms. The first kappa shape index (κ1) is 19.8. The maximum Gasteiger partial charge on any atom is 0.338 e. The molecule has 1 saturated heterocycles. The molecule has 0 unspecified atom stereocenters. The van der Waals surface area contributed by atoms with Gasteiger partial charge >= 0.3 is 12.0 Å². The van der Waals surface area contributed by atoms with Crippen molar-refractivity contribution in [2.45, 2.75) is 26.8 Å². The molecule has 2 N–H and O–H groups in total. The number of thioether (sulfide) groups is 1. The van der Waals surface area contributed by atoms with Crippen molar-refractivity contribution in [3.63, 3.8) is 0 Å². The van der Waals surface area contributed by atoms with Crippen molar-refractivity contribution >= 4 is 23.8 Å². The number of hydrogen-bond acceptors (Lipinski definition) is 5. The summed E-state index contributed by atoms with van der Waals surface area (Å²) in [5.41, 5.74) is 4.20. The van der Waals surface area contributed by atoms with Crippen LogP contribution in [0.4, 0.5) is 4.79 Å². The molecule has 2 amide bonds. The van der Waals surface area contributed by atoms with Gasteiger partial charge in [0.05, 0.1) is 18.2 Å². The molecule has 0 aliphatic carbocycles. The summed E-state index contributed by atoms with van der Waals surface area (Å²) in [5.74, 6) is 1.75. The number of carbonyl (C=O) groups excluding carboxylic acids is 2. The quantitative estimate of drug-likeness (QED) is 0.758. The predicted octanol–water partition coefficient (Wildman–Crippen LogP) is 2.52. The number of nitrogens with one attached hydrogen (secondary N) is 2. The Bertz CT molecular complexity index is 757. The molecule has 6 nitrogen and oxygen atoms in total. The van der Waals surface area contributed by atoms with Crippen molar-refractivity contribution in [3.8, 4) is 0 Å². The van der Waals surface area contributed by atoms with Crippen LogP contribution in [-0.2, 0) is 9.53 Å². The molecule has 2 aliphatic rings. The molecule has 1 atom stereocenters. The van der Waals surface area contributed by atoms with Gasteiger partial charge in [0.1, 0.15) is 0 Å². The van der Waals surface area contributed by atoms with Crippen LogP contribution >= 0.6 is 11.8 Å². The maximum absolute atomic E-state index is 12.8. The molecular weight excluding hydrogens is 362 g/mol. The Morgan fingerprint density at radius 2 is 2.04 bits per heavy atom. The Kier molecular flexibility index (Phi) is 6.44. The molecule has 0 saturated carbocycles. The molecule has 1 aromatic rings. The van der Waals surface area contributed by atoms with Gasteiger partial charge < -0.3 is 15.4 Å². The Morgan fingerprint density at radius 1 is 1.30 bits per heavy atom. The molecule has 2 aliphatic heterocycles. The molecule has 7 heteroatoms. The molecule has 3 rings (SSSR count). The second-order valence-corrected chi connectivity index (χ2v) is 8.12. The van der Waals surface area contributed by atoms with E-state index < -0.39 is 6.04 Å². The zero-order valence-corrected chi connectivity index (χ0v) is 16.9. The van der Waals surface area contributed by atoms with Gasteiger partial charge in [0, 0.05) is 36.8 Å². The van der Waals surface area contributed by atoms with E-state index in [1.165, 1.54) is 0 Å². The first-order valence-electron chi connectivity index (χ1n) is 9.34. The minimum atomic E-state index is -0.508. The van der Waals surface area contributed by atoms with E-state index in [4.69, 9.17) is 4.74 Å². The molecule has 0 aromatic heterocycles. The molecular formula is C20H27N3O3S. The van der Waals surface area contributed by atoms with Gasteiger partial charge in [-0.05, 0) is 31.9 Å². The van der Waals surface area contributed by atoms with Crippen LogP contribution in [0, 0.1) is 13.8 Å². The van der Waals surface area contributed by atoms with Crippen LogP contribution in [0.2, 0.25) is 0 Å². The topological polar surface area (TPSA) is 70.7 Å². The highest BCUT2D eigenvalue weighted by Gasteiger charge is 2.35. The second-order valence-electron chi connectivity index (χ2n) is 6.89. The van der Waals surface area contributed by atoms with E-state index in [9.17, 15) is 9.59 Å². The standard InChI is InChI=1S/C20H27N3O3S/c1-4-26-19(24)17-16(12-23-7-9-27-10-8-23)21-20(25)22-18(17)15-11-13(2)5-6-14(15)3/h5-6,11,18H,4,7-10,12H2,1-3H3,(H2,21,22,25)/t18-/m1/s1. The lowest BCUT2D eigenvalue weighted by atomic mass is 9.91. The van der Waals surface area contributed by atoms with Gasteiger partial charge in [-0.25, -0.2) is 9.59 Å². The van der Waals surface area contributed by atoms with E-state index in [1.54, 1.807) is 6.92 Å². The summed E-state index contributed by atoms with van der Waals surface area (Å²) in [6.45, 7) is 8.53. The minimum Gasteiger partial charge on any atom is -0.463 e. The molecule has 0 bridgehead atoms. The number of amides is 2. The van der Waals surface area contributed by atoms with Crippen molar-refractivity contribution in [2.75, 3.05) is 37.7 Å². The van der Waals surface area contributed by atoms with Gasteiger partial charge in [-0.15, -0.1) is 0 Å². The zero-order valence-electron chi connectivity index (χ0n) is 16.1. The second kappa shape index (κ2) is 8.80. The third-order valence-corrected chi connectivity index (χ3v) is 5.82. The fraction of sp³-hybridized carbons (Fsp3) is 0.500. The number of carbonyl (C=O) groups is 2. The maximum atomic E-state index is 12.8. The summed E-state index contributed by atoms with van der Waals surface area (Å²) >= 11 is 1.93. The summed E-state index contributed by atoms with van der Waals surface area (Å²) in [6.07, 6.45) is 0. The summed E-state index contributed by atoms with van der Waals surface area (Å²) in [6, 6.07) is 5.28. The van der Waals surface area contributed by atoms with E-state index in [0.29, 0.717) is 24.4 Å². The Hall–Kier alpha value is -1.99. The number of hydrogen-bond donors (Lipinski definition) is 2. The van der Waals surface area contributed by atoms with Gasteiger partial charge in [-0.1, -0.05) is 23.8 Å². The van der Waals surface area contributed by atoms with Gasteiger partial charge in [0.25, 0.3) is 0 Å². The molecule has 146 valence electrons. The number of aryl methyl sites for hydroxylation is 2. The van der Waals surface area contributed by atoms with Gasteiger partial charge in [-0.3, -0.25) is 4.90 Å². The van der Waals surface area contributed by atoms with Crippen molar-refractivity contribution in [2.24, 2.45) is 0 Å². The van der Waals surface area contributed by atoms with Crippen LogP contribution in [-0.4, -0.2) is 54.6 Å². The highest BCUT2D eigenvalue weighted by molar-refractivity contribution is 7.99. The average Bonchev–Trinajstić information content (AvgIpc) is 2.64. The van der Waals surface area contributed by atoms with E-state index in [2.05, 4.69) is 15.5 Å². The van der Waals surface area contributed by atoms with Crippen LogP contribution < -0.4 is 10.6 Å². The van der Waals surface area contributed by atoms with Crippen molar-refractivity contribution in [1.82, 2.24) is 15.5 Å². The van der Waals surface area contributed by atoms with Crippen LogP contribution in [0.5, 0.6) is 0 Å². The third kappa shape index (κ3) is 4.65. The van der Waals surface area contributed by atoms with E-state index in [1.807, 2.05) is 43.8 Å². The lowest BCUT2D eigenvalue weighted by Crippen LogP contribution is -2.49. The first-order chi connectivity index (χ1) is 13.0. The fourth-order valence-electron chi connectivity index (χ4n) is 3.48. The summed E-state index contributed by atoms with van der Waals surface area (Å²) in [4.78, 5) is 27.5. The van der Waals surface area contributed by atoms with E-state index >= 15 is 0 Å². The highest BCUT2D eigenvalue weighted by Crippen LogP contribution is 2.31. The number of ether oxygens (including phenoxy) is 1. The van der Waals surface area contributed by atoms with Crippen molar-refractivity contribution in [3.05, 3.63) is 46.2 Å². The SMILES string of the molecule is CCOC(=O)C1=C(CN2CCSCC2)NC(=O)N[C@@H]1c1cc(C)ccc1C. The van der Waals surface area contributed by atoms with Gasteiger partial charge in [0.2, 0.25) is 0 Å². The predicted molar refractivity (Wildman–Crippen MR) is 108 cm³/mol. The smallest absolute Gasteiger partial charge is 0.338 e. The van der Waals surface area contributed by atoms with Crippen LogP contribution in [0.25, 0.3) is 0 Å². The molecule has 1 aromatic carbocycles. The van der Waals surface area contributed by atoms with E-state index in [-0.39, 0.29) is 12.0 Å². The summed E-state index contributed by atoms with van der Waals surface area (Å²) in [7, 11) is 0. The van der Waals surface area contributed by atoms with Crippen LogP contribution in [0.15, 0.2) is 29.5 Å². The normalized spacial score (nSPS) is 20.9. The third-order valence-electron chi connectivity index (χ3n) is 4.88. The van der Waals surface area contributed by atoms with Gasteiger partial charge in [0.15, 0.2) is 0 Å². The summed E-state index contributed by atoms with van der Waals surface area (Å²) in [5, 5.41) is 5.79. The van der Waals surface area contributed by atoms with Gasteiger partial charge in [-0.2, -0.15) is 11.8 Å². The molecule has 1 fully saturated rings. The Labute approximate surface area is 164 Å². The van der Waals surface area contributed by atoms with Crippen molar-refractivity contribution < 1.29 is 14.3 Å². The first-order valence-corrected chi connectivity index (χ1v) is 10.5. The fourth-order valence-corrected chi connectivity index (χ4v) is 4.46. The number of benzene rings is 1. The largest absolute Gasteiger partial charge is 0.463 e. The molecule has 27 heavy (non-hydrogen) atoms. The number of rotatable bonds is 5. The highest BCUT2D eigenvalue weighted by atomic mass is 32.2. The Morgan fingerprint density at radius 3 is 2.74 bits per heavy atom. The molecule has 0 radical (unpaired) electrons. The average molecular weight is 390 g/mol. The number of nitrogens with zero attached hydrogens (tertiary/aromatic N) is 1. The monoisotopic (exact) mass is 389 g/mol. The number of urea groups is 1. The van der Waals surface area contributed by atoms with Crippen molar-refractivity contribution in [1.29, 1.82) is 0 Å². The Balaban J connectivity index is 2.03. The summed E-state index contributed by atoms with van der Waals surface area (Å²) < 4.78 is 5.35. The number of esters is 1. The lowest BCUT2D eigenvalue weighted by molar-refractivity contribution is -0.139. The zero-order chi connectivity index (χ0) is 19.4. The lowest BCUT2D eigenvalue weighted by Gasteiger charge is -2.33.